The van der Waals surface area contributed by atoms with Crippen molar-refractivity contribution in [3.05, 3.63) is 46.5 Å². The second kappa shape index (κ2) is 4.80. The number of rotatable bonds is 3. The first kappa shape index (κ1) is 11.4. The van der Waals surface area contributed by atoms with Crippen LogP contribution < -0.4 is 5.73 Å². The Morgan fingerprint density at radius 1 is 1.44 bits per heavy atom. The summed E-state index contributed by atoms with van der Waals surface area (Å²) in [4.78, 5) is 4.32. The number of hydrogen-bond acceptors (Lipinski definition) is 2. The molecule has 2 aromatic rings. The Labute approximate surface area is 103 Å². The fourth-order valence-corrected chi connectivity index (χ4v) is 2.10. The quantitative estimate of drug-likeness (QED) is 0.939. The molecule has 0 fully saturated rings. The van der Waals surface area contributed by atoms with Crippen LogP contribution in [0.3, 0.4) is 0 Å². The zero-order valence-electron chi connectivity index (χ0n) is 9.15. The van der Waals surface area contributed by atoms with Crippen molar-refractivity contribution in [3.63, 3.8) is 0 Å². The van der Waals surface area contributed by atoms with Gasteiger partial charge in [-0.05, 0) is 17.7 Å². The van der Waals surface area contributed by atoms with Crippen LogP contribution in [0.1, 0.15) is 18.3 Å². The highest BCUT2D eigenvalue weighted by Crippen LogP contribution is 2.21. The molecule has 1 aromatic carbocycles. The molecule has 2 rings (SSSR count). The molecule has 0 saturated carbocycles. The molecule has 0 bridgehead atoms. The molecule has 4 heteroatoms. The standard InChI is InChI=1S/C12H14BrN3/c1-2-12-15-5-6-16(12)11-7-10(13)4-3-9(11)8-14/h3-7H,2,8,14H2,1H3. The molecule has 3 nitrogen and oxygen atoms in total. The van der Waals surface area contributed by atoms with Gasteiger partial charge < -0.3 is 10.3 Å². The van der Waals surface area contributed by atoms with E-state index >= 15 is 0 Å². The molecular formula is C12H14BrN3. The SMILES string of the molecule is CCc1nccn1-c1cc(Br)ccc1CN. The summed E-state index contributed by atoms with van der Waals surface area (Å²) in [5.41, 5.74) is 7.97. The van der Waals surface area contributed by atoms with Crippen molar-refractivity contribution >= 4 is 15.9 Å². The third kappa shape index (κ3) is 2.03. The molecule has 0 aliphatic carbocycles. The van der Waals surface area contributed by atoms with Gasteiger partial charge in [-0.2, -0.15) is 0 Å². The molecule has 2 N–H and O–H groups in total. The van der Waals surface area contributed by atoms with E-state index in [4.69, 9.17) is 5.73 Å². The molecule has 1 heterocycles. The summed E-state index contributed by atoms with van der Waals surface area (Å²) >= 11 is 3.48. The molecule has 1 aromatic heterocycles. The number of aromatic nitrogens is 2. The van der Waals surface area contributed by atoms with Crippen molar-refractivity contribution in [2.45, 2.75) is 19.9 Å². The van der Waals surface area contributed by atoms with Gasteiger partial charge in [0.15, 0.2) is 0 Å². The van der Waals surface area contributed by atoms with Gasteiger partial charge in [-0.3, -0.25) is 0 Å². The number of imidazole rings is 1. The van der Waals surface area contributed by atoms with E-state index in [9.17, 15) is 0 Å². The summed E-state index contributed by atoms with van der Waals surface area (Å²) in [6, 6.07) is 6.12. The first-order valence-corrected chi connectivity index (χ1v) is 6.06. The van der Waals surface area contributed by atoms with Crippen LogP contribution in [-0.2, 0) is 13.0 Å². The Hall–Kier alpha value is -1.13. The van der Waals surface area contributed by atoms with Gasteiger partial charge in [0.1, 0.15) is 5.82 Å². The Bertz CT molecular complexity index is 491. The second-order valence-corrected chi connectivity index (χ2v) is 4.46. The number of benzene rings is 1. The van der Waals surface area contributed by atoms with Crippen LogP contribution in [0.2, 0.25) is 0 Å². The van der Waals surface area contributed by atoms with E-state index in [1.165, 1.54) is 0 Å². The molecule has 0 amide bonds. The third-order valence-corrected chi connectivity index (χ3v) is 3.05. The van der Waals surface area contributed by atoms with Crippen LogP contribution in [0.25, 0.3) is 5.69 Å². The zero-order chi connectivity index (χ0) is 11.5. The molecule has 0 saturated heterocycles. The first-order chi connectivity index (χ1) is 7.76. The van der Waals surface area contributed by atoms with Crippen molar-refractivity contribution in [1.82, 2.24) is 9.55 Å². The molecule has 0 unspecified atom stereocenters. The van der Waals surface area contributed by atoms with Crippen LogP contribution in [-0.4, -0.2) is 9.55 Å². The molecule has 0 atom stereocenters. The molecular weight excluding hydrogens is 266 g/mol. The predicted molar refractivity (Wildman–Crippen MR) is 68.5 cm³/mol. The molecule has 0 aliphatic heterocycles. The lowest BCUT2D eigenvalue weighted by atomic mass is 10.1. The van der Waals surface area contributed by atoms with Crippen molar-refractivity contribution < 1.29 is 0 Å². The van der Waals surface area contributed by atoms with Gasteiger partial charge in [-0.15, -0.1) is 0 Å². The average Bonchev–Trinajstić information content (AvgIpc) is 2.76. The topological polar surface area (TPSA) is 43.8 Å². The van der Waals surface area contributed by atoms with Gasteiger partial charge in [0, 0.05) is 29.8 Å². The number of hydrogen-bond donors (Lipinski definition) is 1. The number of nitrogens with two attached hydrogens (primary N) is 1. The summed E-state index contributed by atoms with van der Waals surface area (Å²) in [6.07, 6.45) is 4.70. The van der Waals surface area contributed by atoms with Crippen LogP contribution in [0.5, 0.6) is 0 Å². The fraction of sp³-hybridized carbons (Fsp3) is 0.250. The normalized spacial score (nSPS) is 10.7. The number of nitrogens with zero attached hydrogens (tertiary/aromatic N) is 2. The fourth-order valence-electron chi connectivity index (χ4n) is 1.75. The van der Waals surface area contributed by atoms with Crippen molar-refractivity contribution in [2.75, 3.05) is 0 Å². The molecule has 0 aliphatic rings. The number of halogens is 1. The summed E-state index contributed by atoms with van der Waals surface area (Å²) < 4.78 is 3.14. The summed E-state index contributed by atoms with van der Waals surface area (Å²) in [5.74, 6) is 1.05. The first-order valence-electron chi connectivity index (χ1n) is 5.27. The third-order valence-electron chi connectivity index (χ3n) is 2.56. The van der Waals surface area contributed by atoms with E-state index in [0.29, 0.717) is 6.54 Å². The van der Waals surface area contributed by atoms with Gasteiger partial charge in [-0.1, -0.05) is 28.9 Å². The summed E-state index contributed by atoms with van der Waals surface area (Å²) in [7, 11) is 0. The largest absolute Gasteiger partial charge is 0.326 e. The summed E-state index contributed by atoms with van der Waals surface area (Å²) in [6.45, 7) is 2.63. The van der Waals surface area contributed by atoms with E-state index in [1.807, 2.05) is 24.5 Å². The highest BCUT2D eigenvalue weighted by atomic mass is 79.9. The Balaban J connectivity index is 2.58. The highest BCUT2D eigenvalue weighted by Gasteiger charge is 2.07. The summed E-state index contributed by atoms with van der Waals surface area (Å²) in [5, 5.41) is 0. The Morgan fingerprint density at radius 3 is 2.94 bits per heavy atom. The molecule has 0 spiro atoms. The Morgan fingerprint density at radius 2 is 2.25 bits per heavy atom. The molecule has 16 heavy (non-hydrogen) atoms. The monoisotopic (exact) mass is 279 g/mol. The van der Waals surface area contributed by atoms with Gasteiger partial charge in [0.25, 0.3) is 0 Å². The van der Waals surface area contributed by atoms with Gasteiger partial charge in [0.2, 0.25) is 0 Å². The Kier molecular flexibility index (Phi) is 3.41. The minimum atomic E-state index is 0.532. The molecule has 84 valence electrons. The van der Waals surface area contributed by atoms with E-state index in [-0.39, 0.29) is 0 Å². The van der Waals surface area contributed by atoms with E-state index in [0.717, 1.165) is 28.0 Å². The van der Waals surface area contributed by atoms with E-state index in [1.54, 1.807) is 0 Å². The lowest BCUT2D eigenvalue weighted by Crippen LogP contribution is -2.06. The minimum Gasteiger partial charge on any atom is -0.326 e. The van der Waals surface area contributed by atoms with Gasteiger partial charge in [0.05, 0.1) is 5.69 Å². The lowest BCUT2D eigenvalue weighted by molar-refractivity contribution is 0.874. The maximum absolute atomic E-state index is 5.75. The second-order valence-electron chi connectivity index (χ2n) is 3.54. The van der Waals surface area contributed by atoms with Crippen LogP contribution in [0.15, 0.2) is 35.1 Å². The van der Waals surface area contributed by atoms with Gasteiger partial charge in [-0.25, -0.2) is 4.98 Å². The predicted octanol–water partition coefficient (Wildman–Crippen LogP) is 2.66. The average molecular weight is 280 g/mol. The van der Waals surface area contributed by atoms with Crippen LogP contribution in [0, 0.1) is 0 Å². The maximum atomic E-state index is 5.75. The maximum Gasteiger partial charge on any atom is 0.112 e. The number of aryl methyl sites for hydroxylation is 1. The highest BCUT2D eigenvalue weighted by molar-refractivity contribution is 9.10. The van der Waals surface area contributed by atoms with E-state index in [2.05, 4.69) is 38.5 Å². The van der Waals surface area contributed by atoms with Crippen molar-refractivity contribution in [2.24, 2.45) is 5.73 Å². The van der Waals surface area contributed by atoms with Crippen LogP contribution in [0.4, 0.5) is 0 Å². The van der Waals surface area contributed by atoms with Crippen molar-refractivity contribution in [1.29, 1.82) is 0 Å². The van der Waals surface area contributed by atoms with Crippen LogP contribution >= 0.6 is 15.9 Å². The zero-order valence-corrected chi connectivity index (χ0v) is 10.7. The van der Waals surface area contributed by atoms with E-state index < -0.39 is 0 Å². The molecule has 0 radical (unpaired) electrons. The minimum absolute atomic E-state index is 0.532. The smallest absolute Gasteiger partial charge is 0.112 e. The van der Waals surface area contributed by atoms with Gasteiger partial charge >= 0.3 is 0 Å². The lowest BCUT2D eigenvalue weighted by Gasteiger charge is -2.11. The van der Waals surface area contributed by atoms with Crippen molar-refractivity contribution in [3.8, 4) is 5.69 Å².